The molecule has 150 valence electrons. The molecule has 3 rings (SSSR count). The molecule has 2 fully saturated rings. The van der Waals surface area contributed by atoms with Gasteiger partial charge in [-0.15, -0.1) is 0 Å². The van der Waals surface area contributed by atoms with Crippen LogP contribution >= 0.6 is 0 Å². The van der Waals surface area contributed by atoms with Gasteiger partial charge in [0.2, 0.25) is 10.0 Å². The monoisotopic (exact) mass is 396 g/mol. The first-order valence-corrected chi connectivity index (χ1v) is 11.3. The van der Waals surface area contributed by atoms with Crippen molar-refractivity contribution in [2.75, 3.05) is 51.0 Å². The zero-order valence-corrected chi connectivity index (χ0v) is 16.6. The summed E-state index contributed by atoms with van der Waals surface area (Å²) in [7, 11) is -3.16. The summed E-state index contributed by atoms with van der Waals surface area (Å²) in [5.41, 5.74) is 0.568. The number of nitrogens with zero attached hydrogens (tertiary/aromatic N) is 3. The van der Waals surface area contributed by atoms with Gasteiger partial charge in [-0.05, 0) is 31.4 Å². The van der Waals surface area contributed by atoms with E-state index in [4.69, 9.17) is 4.74 Å². The van der Waals surface area contributed by atoms with E-state index in [9.17, 15) is 13.2 Å². The molecule has 0 spiro atoms. The van der Waals surface area contributed by atoms with Crippen LogP contribution in [0.2, 0.25) is 0 Å². The number of sulfonamides is 1. The average Bonchev–Trinajstić information content (AvgIpc) is 2.68. The van der Waals surface area contributed by atoms with E-state index in [1.165, 1.54) is 6.26 Å². The number of amides is 1. The first kappa shape index (κ1) is 20.0. The van der Waals surface area contributed by atoms with Crippen LogP contribution in [0.4, 0.5) is 5.82 Å². The third kappa shape index (κ3) is 5.40. The van der Waals surface area contributed by atoms with Gasteiger partial charge in [0, 0.05) is 38.4 Å². The zero-order valence-electron chi connectivity index (χ0n) is 15.8. The highest BCUT2D eigenvalue weighted by molar-refractivity contribution is 7.88. The molecule has 9 heteroatoms. The highest BCUT2D eigenvalue weighted by atomic mass is 32.2. The summed E-state index contributed by atoms with van der Waals surface area (Å²) in [5, 5.41) is 3.23. The predicted molar refractivity (Wildman–Crippen MR) is 103 cm³/mol. The van der Waals surface area contributed by atoms with E-state index in [0.29, 0.717) is 50.8 Å². The van der Waals surface area contributed by atoms with Crippen molar-refractivity contribution in [2.45, 2.75) is 31.7 Å². The molecule has 1 amide bonds. The Labute approximate surface area is 160 Å². The minimum absolute atomic E-state index is 0.0247. The summed E-state index contributed by atoms with van der Waals surface area (Å²) in [6, 6.07) is 3.61. The number of carbonyl (C=O) groups excluding carboxylic acids is 1. The smallest absolute Gasteiger partial charge is 0.255 e. The Morgan fingerprint density at radius 1 is 1.26 bits per heavy atom. The number of rotatable bonds is 6. The van der Waals surface area contributed by atoms with E-state index in [1.54, 1.807) is 27.5 Å². The zero-order chi connectivity index (χ0) is 19.3. The molecule has 1 unspecified atom stereocenters. The first-order valence-electron chi connectivity index (χ1n) is 9.49. The number of ether oxygens (including phenoxy) is 1. The third-order valence-electron chi connectivity index (χ3n) is 5.09. The Hall–Kier alpha value is -1.71. The summed E-state index contributed by atoms with van der Waals surface area (Å²) < 4.78 is 30.7. The van der Waals surface area contributed by atoms with Crippen molar-refractivity contribution in [3.05, 3.63) is 23.9 Å². The van der Waals surface area contributed by atoms with E-state index >= 15 is 0 Å². The lowest BCUT2D eigenvalue weighted by atomic mass is 10.0. The molecule has 2 aliphatic heterocycles. The highest BCUT2D eigenvalue weighted by Crippen LogP contribution is 2.22. The fraction of sp³-hybridized carbons (Fsp3) is 0.667. The Balaban J connectivity index is 1.50. The number of carbonyl (C=O) groups is 1. The van der Waals surface area contributed by atoms with E-state index in [0.717, 1.165) is 25.7 Å². The first-order chi connectivity index (χ1) is 12.9. The van der Waals surface area contributed by atoms with Crippen molar-refractivity contribution in [1.29, 1.82) is 0 Å². The Morgan fingerprint density at radius 2 is 2.04 bits per heavy atom. The van der Waals surface area contributed by atoms with Crippen LogP contribution in [0.25, 0.3) is 0 Å². The number of aromatic nitrogens is 1. The molecule has 1 atom stereocenters. The van der Waals surface area contributed by atoms with Crippen molar-refractivity contribution in [2.24, 2.45) is 0 Å². The summed E-state index contributed by atoms with van der Waals surface area (Å²) in [5.74, 6) is 0.665. The molecule has 1 aromatic heterocycles. The largest absolute Gasteiger partial charge is 0.378 e. The number of hydrogen-bond donors (Lipinski definition) is 1. The van der Waals surface area contributed by atoms with Gasteiger partial charge in [0.1, 0.15) is 5.82 Å². The number of nitrogens with one attached hydrogen (secondary N) is 1. The van der Waals surface area contributed by atoms with Crippen molar-refractivity contribution < 1.29 is 17.9 Å². The van der Waals surface area contributed by atoms with Crippen LogP contribution in [0.1, 0.15) is 36.0 Å². The van der Waals surface area contributed by atoms with Crippen LogP contribution in [0.5, 0.6) is 0 Å². The second-order valence-corrected chi connectivity index (χ2v) is 9.01. The van der Waals surface area contributed by atoms with Gasteiger partial charge in [-0.25, -0.2) is 13.4 Å². The average molecular weight is 397 g/mol. The van der Waals surface area contributed by atoms with Gasteiger partial charge in [-0.3, -0.25) is 4.79 Å². The maximum atomic E-state index is 12.4. The van der Waals surface area contributed by atoms with Crippen molar-refractivity contribution in [3.63, 3.8) is 0 Å². The second kappa shape index (κ2) is 8.99. The van der Waals surface area contributed by atoms with Crippen LogP contribution in [0, 0.1) is 0 Å². The number of pyridine rings is 1. The highest BCUT2D eigenvalue weighted by Gasteiger charge is 2.28. The molecule has 2 aliphatic rings. The summed E-state index contributed by atoms with van der Waals surface area (Å²) in [6.07, 6.45) is 6.50. The lowest BCUT2D eigenvalue weighted by molar-refractivity contribution is 0.0302. The van der Waals surface area contributed by atoms with E-state index in [-0.39, 0.29) is 11.9 Å². The topological polar surface area (TPSA) is 91.8 Å². The minimum Gasteiger partial charge on any atom is -0.378 e. The molecule has 2 saturated heterocycles. The third-order valence-corrected chi connectivity index (χ3v) is 6.42. The normalized spacial score (nSPS) is 21.8. The predicted octanol–water partition coefficient (Wildman–Crippen LogP) is 1.17. The maximum absolute atomic E-state index is 12.4. The quantitative estimate of drug-likeness (QED) is 0.776. The number of piperidine rings is 1. The van der Waals surface area contributed by atoms with Gasteiger partial charge in [0.25, 0.3) is 5.91 Å². The Bertz CT molecular complexity index is 732. The lowest BCUT2D eigenvalue weighted by Crippen LogP contribution is -2.43. The maximum Gasteiger partial charge on any atom is 0.255 e. The summed E-state index contributed by atoms with van der Waals surface area (Å²) >= 11 is 0. The van der Waals surface area contributed by atoms with E-state index in [2.05, 4.69) is 10.3 Å². The summed E-state index contributed by atoms with van der Waals surface area (Å²) in [4.78, 5) is 18.5. The van der Waals surface area contributed by atoms with Crippen LogP contribution in [0.3, 0.4) is 0 Å². The SMILES string of the molecule is CS(=O)(=O)N1CCCCC1CCNc1ccc(C(=O)N2CCOCC2)cn1. The number of anilines is 1. The van der Waals surface area contributed by atoms with Gasteiger partial charge in [-0.1, -0.05) is 6.42 Å². The summed E-state index contributed by atoms with van der Waals surface area (Å²) in [6.45, 7) is 3.61. The van der Waals surface area contributed by atoms with Crippen molar-refractivity contribution in [3.8, 4) is 0 Å². The fourth-order valence-corrected chi connectivity index (χ4v) is 4.85. The van der Waals surface area contributed by atoms with Gasteiger partial charge in [0.05, 0.1) is 25.0 Å². The van der Waals surface area contributed by atoms with Gasteiger partial charge < -0.3 is 15.0 Å². The van der Waals surface area contributed by atoms with Gasteiger partial charge in [0.15, 0.2) is 0 Å². The molecule has 27 heavy (non-hydrogen) atoms. The van der Waals surface area contributed by atoms with Crippen LogP contribution in [-0.4, -0.2) is 80.2 Å². The number of hydrogen-bond acceptors (Lipinski definition) is 6. The molecule has 3 heterocycles. The van der Waals surface area contributed by atoms with Gasteiger partial charge >= 0.3 is 0 Å². The van der Waals surface area contributed by atoms with Gasteiger partial charge in [-0.2, -0.15) is 4.31 Å². The van der Waals surface area contributed by atoms with Crippen LogP contribution < -0.4 is 5.32 Å². The molecule has 1 aromatic rings. The fourth-order valence-electron chi connectivity index (χ4n) is 3.64. The minimum atomic E-state index is -3.16. The molecule has 8 nitrogen and oxygen atoms in total. The van der Waals surface area contributed by atoms with Crippen molar-refractivity contribution >= 4 is 21.7 Å². The van der Waals surface area contributed by atoms with Crippen LogP contribution in [0.15, 0.2) is 18.3 Å². The molecule has 0 aliphatic carbocycles. The Morgan fingerprint density at radius 3 is 2.70 bits per heavy atom. The molecule has 0 aromatic carbocycles. The standard InChI is InChI=1S/C18H28N4O4S/c1-27(24,25)22-9-3-2-4-16(22)7-8-19-17-6-5-15(14-20-17)18(23)21-10-12-26-13-11-21/h5-6,14,16H,2-4,7-13H2,1H3,(H,19,20). The van der Waals surface area contributed by atoms with Crippen LogP contribution in [-0.2, 0) is 14.8 Å². The second-order valence-electron chi connectivity index (χ2n) is 7.08. The van der Waals surface area contributed by atoms with E-state index < -0.39 is 10.0 Å². The van der Waals surface area contributed by atoms with E-state index in [1.807, 2.05) is 0 Å². The molecule has 0 radical (unpaired) electrons. The molecule has 0 bridgehead atoms. The number of morpholine rings is 1. The lowest BCUT2D eigenvalue weighted by Gasteiger charge is -2.33. The molecular weight excluding hydrogens is 368 g/mol. The van der Waals surface area contributed by atoms with Crippen molar-refractivity contribution in [1.82, 2.24) is 14.2 Å². The molecular formula is C18H28N4O4S. The molecule has 1 N–H and O–H groups in total. The molecule has 0 saturated carbocycles. The Kier molecular flexibility index (Phi) is 6.67.